The van der Waals surface area contributed by atoms with Gasteiger partial charge >= 0.3 is 0 Å². The molecule has 5 rings (SSSR count). The maximum absolute atomic E-state index is 13.0. The van der Waals surface area contributed by atoms with Crippen molar-refractivity contribution in [3.05, 3.63) is 84.9 Å². The molecule has 5 heteroatoms. The van der Waals surface area contributed by atoms with Crippen LogP contribution in [-0.4, -0.2) is 23.5 Å². The Morgan fingerprint density at radius 3 is 2.53 bits per heavy atom. The number of nitrogens with two attached hydrogens (primary N) is 1. The van der Waals surface area contributed by atoms with Crippen LogP contribution in [0.3, 0.4) is 0 Å². The summed E-state index contributed by atoms with van der Waals surface area (Å²) in [5.41, 5.74) is 10.6. The summed E-state index contributed by atoms with van der Waals surface area (Å²) < 4.78 is 5.94. The molecule has 2 heterocycles. The number of aromatic nitrogens is 1. The molecule has 3 aromatic carbocycles. The third kappa shape index (κ3) is 3.35. The first-order chi connectivity index (χ1) is 14.7. The number of nitrogens with zero attached hydrogens (tertiary/aromatic N) is 2. The molecule has 0 spiro atoms. The van der Waals surface area contributed by atoms with Gasteiger partial charge in [0.2, 0.25) is 5.88 Å². The predicted molar refractivity (Wildman–Crippen MR) is 119 cm³/mol. The lowest BCUT2D eigenvalue weighted by molar-refractivity contribution is -0.123. The van der Waals surface area contributed by atoms with E-state index in [0.29, 0.717) is 24.5 Å². The van der Waals surface area contributed by atoms with Crippen LogP contribution in [0.25, 0.3) is 22.0 Å². The first-order valence-electron chi connectivity index (χ1n) is 9.98. The van der Waals surface area contributed by atoms with E-state index >= 15 is 0 Å². The first-order valence-corrected chi connectivity index (χ1v) is 9.98. The summed E-state index contributed by atoms with van der Waals surface area (Å²) in [5.74, 6) is 0.366. The van der Waals surface area contributed by atoms with Gasteiger partial charge in [0.1, 0.15) is 0 Å². The molecule has 5 nitrogen and oxygen atoms in total. The molecule has 0 saturated carbocycles. The van der Waals surface area contributed by atoms with E-state index in [-0.39, 0.29) is 5.91 Å². The number of carbonyl (C=O) groups excluding carboxylic acids is 1. The van der Waals surface area contributed by atoms with E-state index in [0.717, 1.165) is 27.7 Å². The standard InChI is InChI=1S/C25H21N3O2/c26-20-16-19(17-6-2-1-3-7-17)10-12-22(20)28-15-14-23(25(28)29)30-24-13-11-18-8-4-5-9-21(18)27-24/h1-13,16,23H,14-15,26H2. The molecule has 4 aromatic rings. The maximum atomic E-state index is 13.0. The molecule has 0 aliphatic carbocycles. The van der Waals surface area contributed by atoms with Gasteiger partial charge in [-0.1, -0.05) is 54.6 Å². The summed E-state index contributed by atoms with van der Waals surface area (Å²) in [7, 11) is 0. The minimum absolute atomic E-state index is 0.0934. The zero-order valence-corrected chi connectivity index (χ0v) is 16.4. The number of ether oxygens (including phenoxy) is 1. The molecule has 1 unspecified atom stereocenters. The van der Waals surface area contributed by atoms with E-state index in [1.165, 1.54) is 0 Å². The van der Waals surface area contributed by atoms with Gasteiger partial charge in [-0.05, 0) is 35.4 Å². The third-order valence-corrected chi connectivity index (χ3v) is 5.42. The zero-order chi connectivity index (χ0) is 20.5. The Kier molecular flexibility index (Phi) is 4.56. The highest BCUT2D eigenvalue weighted by Gasteiger charge is 2.35. The molecule has 30 heavy (non-hydrogen) atoms. The molecule has 0 radical (unpaired) electrons. The van der Waals surface area contributed by atoms with Crippen LogP contribution in [0.5, 0.6) is 5.88 Å². The van der Waals surface area contributed by atoms with Gasteiger partial charge in [0.05, 0.1) is 16.9 Å². The second-order valence-electron chi connectivity index (χ2n) is 7.37. The van der Waals surface area contributed by atoms with Crippen LogP contribution in [0.1, 0.15) is 6.42 Å². The molecule has 2 N–H and O–H groups in total. The number of hydrogen-bond acceptors (Lipinski definition) is 4. The monoisotopic (exact) mass is 395 g/mol. The van der Waals surface area contributed by atoms with Crippen molar-refractivity contribution in [2.75, 3.05) is 17.2 Å². The fourth-order valence-electron chi connectivity index (χ4n) is 3.87. The van der Waals surface area contributed by atoms with Gasteiger partial charge in [-0.15, -0.1) is 0 Å². The van der Waals surface area contributed by atoms with Crippen molar-refractivity contribution in [2.24, 2.45) is 0 Å². The second-order valence-corrected chi connectivity index (χ2v) is 7.37. The van der Waals surface area contributed by atoms with Crippen molar-refractivity contribution in [1.29, 1.82) is 0 Å². The molecule has 1 fully saturated rings. The molecular formula is C25H21N3O2. The zero-order valence-electron chi connectivity index (χ0n) is 16.4. The quantitative estimate of drug-likeness (QED) is 0.510. The number of rotatable bonds is 4. The summed E-state index contributed by atoms with van der Waals surface area (Å²) >= 11 is 0. The second kappa shape index (κ2) is 7.52. The fourth-order valence-corrected chi connectivity index (χ4v) is 3.87. The molecule has 1 atom stereocenters. The van der Waals surface area contributed by atoms with Crippen molar-refractivity contribution in [3.8, 4) is 17.0 Å². The lowest BCUT2D eigenvalue weighted by Crippen LogP contribution is -2.32. The van der Waals surface area contributed by atoms with E-state index in [4.69, 9.17) is 10.5 Å². The number of carbonyl (C=O) groups is 1. The Labute approximate surface area is 174 Å². The number of pyridine rings is 1. The van der Waals surface area contributed by atoms with Crippen LogP contribution < -0.4 is 15.4 Å². The summed E-state index contributed by atoms with van der Waals surface area (Å²) in [6, 6.07) is 27.4. The van der Waals surface area contributed by atoms with E-state index in [2.05, 4.69) is 4.98 Å². The number of fused-ring (bicyclic) bond motifs is 1. The molecular weight excluding hydrogens is 374 g/mol. The highest BCUT2D eigenvalue weighted by molar-refractivity contribution is 6.01. The van der Waals surface area contributed by atoms with Crippen LogP contribution in [0.15, 0.2) is 84.9 Å². The Balaban J connectivity index is 1.35. The van der Waals surface area contributed by atoms with E-state index in [9.17, 15) is 4.79 Å². The van der Waals surface area contributed by atoms with Crippen molar-refractivity contribution in [3.63, 3.8) is 0 Å². The Morgan fingerprint density at radius 1 is 0.900 bits per heavy atom. The van der Waals surface area contributed by atoms with Crippen LogP contribution in [0, 0.1) is 0 Å². The van der Waals surface area contributed by atoms with Crippen molar-refractivity contribution in [1.82, 2.24) is 4.98 Å². The largest absolute Gasteiger partial charge is 0.464 e. The molecule has 148 valence electrons. The smallest absolute Gasteiger partial charge is 0.268 e. The summed E-state index contributed by atoms with van der Waals surface area (Å²) in [4.78, 5) is 19.2. The molecule has 1 amide bonds. The molecule has 1 aromatic heterocycles. The van der Waals surface area contributed by atoms with Gasteiger partial charge in [0.15, 0.2) is 6.10 Å². The number of anilines is 2. The highest BCUT2D eigenvalue weighted by Crippen LogP contribution is 2.33. The summed E-state index contributed by atoms with van der Waals surface area (Å²) in [6.07, 6.45) is 0.0274. The SMILES string of the molecule is Nc1cc(-c2ccccc2)ccc1N1CCC(Oc2ccc3ccccc3n2)C1=O. The van der Waals surface area contributed by atoms with Gasteiger partial charge in [-0.25, -0.2) is 4.98 Å². The van der Waals surface area contributed by atoms with Crippen molar-refractivity contribution in [2.45, 2.75) is 12.5 Å². The van der Waals surface area contributed by atoms with Crippen LogP contribution >= 0.6 is 0 Å². The number of para-hydroxylation sites is 1. The van der Waals surface area contributed by atoms with Gasteiger partial charge in [-0.3, -0.25) is 4.79 Å². The van der Waals surface area contributed by atoms with E-state index < -0.39 is 6.10 Å². The minimum Gasteiger partial charge on any atom is -0.464 e. The molecule has 1 aliphatic rings. The Morgan fingerprint density at radius 2 is 1.70 bits per heavy atom. The van der Waals surface area contributed by atoms with Crippen molar-refractivity contribution >= 4 is 28.2 Å². The number of amides is 1. The predicted octanol–water partition coefficient (Wildman–Crippen LogP) is 4.67. The van der Waals surface area contributed by atoms with Crippen LogP contribution in [0.4, 0.5) is 11.4 Å². The van der Waals surface area contributed by atoms with Gasteiger partial charge in [-0.2, -0.15) is 0 Å². The Bertz CT molecular complexity index is 1220. The van der Waals surface area contributed by atoms with Crippen molar-refractivity contribution < 1.29 is 9.53 Å². The van der Waals surface area contributed by atoms with Gasteiger partial charge < -0.3 is 15.4 Å². The summed E-state index contributed by atoms with van der Waals surface area (Å²) in [5, 5.41) is 1.04. The average molecular weight is 395 g/mol. The fraction of sp³-hybridized carbons (Fsp3) is 0.120. The van der Waals surface area contributed by atoms with Crippen LogP contribution in [-0.2, 0) is 4.79 Å². The van der Waals surface area contributed by atoms with E-state index in [1.54, 1.807) is 11.0 Å². The maximum Gasteiger partial charge on any atom is 0.268 e. The number of benzene rings is 3. The normalized spacial score (nSPS) is 16.2. The molecule has 1 saturated heterocycles. The van der Waals surface area contributed by atoms with E-state index in [1.807, 2.05) is 78.9 Å². The lowest BCUT2D eigenvalue weighted by Gasteiger charge is -2.19. The molecule has 0 bridgehead atoms. The minimum atomic E-state index is -0.563. The Hall–Kier alpha value is -3.86. The third-order valence-electron chi connectivity index (χ3n) is 5.42. The number of hydrogen-bond donors (Lipinski definition) is 1. The lowest BCUT2D eigenvalue weighted by atomic mass is 10.0. The average Bonchev–Trinajstić information content (AvgIpc) is 3.14. The highest BCUT2D eigenvalue weighted by atomic mass is 16.5. The number of nitrogen functional groups attached to an aromatic ring is 1. The summed E-state index contributed by atoms with van der Waals surface area (Å²) in [6.45, 7) is 0.561. The van der Waals surface area contributed by atoms with Crippen LogP contribution in [0.2, 0.25) is 0 Å². The van der Waals surface area contributed by atoms with Gasteiger partial charge in [0.25, 0.3) is 5.91 Å². The van der Waals surface area contributed by atoms with Gasteiger partial charge in [0, 0.05) is 24.4 Å². The first kappa shape index (κ1) is 18.2. The topological polar surface area (TPSA) is 68.4 Å². The molecule has 1 aliphatic heterocycles.